The fourth-order valence-corrected chi connectivity index (χ4v) is 1.39. The zero-order valence-corrected chi connectivity index (χ0v) is 14.3. The van der Waals surface area contributed by atoms with Crippen LogP contribution < -0.4 is 0 Å². The Morgan fingerprint density at radius 2 is 1.00 bits per heavy atom. The molecular weight excluding hydrogens is 276 g/mol. The average Bonchev–Trinajstić information content (AvgIpc) is 2.44. The van der Waals surface area contributed by atoms with Crippen molar-refractivity contribution in [3.05, 3.63) is 0 Å². The minimum absolute atomic E-state index is 0.0847. The SMILES string of the molecule is COC(COCOCC(COC(C)C)OC)COC(C)C. The number of methoxy groups -OCH3 is 2. The molecule has 128 valence electrons. The molecule has 0 radical (unpaired) electrons. The molecule has 0 aromatic heterocycles. The lowest BCUT2D eigenvalue weighted by molar-refractivity contribution is -0.127. The van der Waals surface area contributed by atoms with Gasteiger partial charge in [0.05, 0.1) is 38.6 Å². The van der Waals surface area contributed by atoms with E-state index in [0.717, 1.165) is 0 Å². The van der Waals surface area contributed by atoms with Gasteiger partial charge in [-0.1, -0.05) is 0 Å². The molecule has 0 saturated carbocycles. The molecule has 0 aliphatic heterocycles. The summed E-state index contributed by atoms with van der Waals surface area (Å²) < 4.78 is 32.3. The molecule has 0 heterocycles. The largest absolute Gasteiger partial charge is 0.377 e. The van der Waals surface area contributed by atoms with Gasteiger partial charge in [0, 0.05) is 14.2 Å². The van der Waals surface area contributed by atoms with Crippen molar-refractivity contribution in [2.24, 2.45) is 0 Å². The zero-order chi connectivity index (χ0) is 16.1. The van der Waals surface area contributed by atoms with Crippen molar-refractivity contribution in [2.45, 2.75) is 52.1 Å². The van der Waals surface area contributed by atoms with Crippen molar-refractivity contribution in [2.75, 3.05) is 47.4 Å². The molecule has 0 spiro atoms. The monoisotopic (exact) mass is 308 g/mol. The molecule has 0 amide bonds. The van der Waals surface area contributed by atoms with Crippen LogP contribution in [0.15, 0.2) is 0 Å². The first kappa shape index (κ1) is 20.8. The molecule has 0 aromatic carbocycles. The molecule has 0 rings (SSSR count). The van der Waals surface area contributed by atoms with Gasteiger partial charge in [0.15, 0.2) is 0 Å². The first-order valence-electron chi connectivity index (χ1n) is 7.43. The van der Waals surface area contributed by atoms with Crippen LogP contribution in [-0.4, -0.2) is 71.9 Å². The average molecular weight is 308 g/mol. The van der Waals surface area contributed by atoms with Gasteiger partial charge in [-0.25, -0.2) is 0 Å². The van der Waals surface area contributed by atoms with E-state index < -0.39 is 0 Å². The second kappa shape index (κ2) is 13.4. The Morgan fingerprint density at radius 3 is 1.29 bits per heavy atom. The van der Waals surface area contributed by atoms with Gasteiger partial charge in [-0.05, 0) is 27.7 Å². The second-order valence-electron chi connectivity index (χ2n) is 5.34. The van der Waals surface area contributed by atoms with Crippen LogP contribution in [0.25, 0.3) is 0 Å². The van der Waals surface area contributed by atoms with Crippen LogP contribution in [0.4, 0.5) is 0 Å². The standard InChI is InChI=1S/C15H32O6/c1-12(2)20-9-14(16-5)7-18-11-19-8-15(17-6)10-21-13(3)4/h12-15H,7-11H2,1-6H3. The third kappa shape index (κ3) is 13.2. The van der Waals surface area contributed by atoms with Gasteiger partial charge in [-0.2, -0.15) is 0 Å². The summed E-state index contributed by atoms with van der Waals surface area (Å²) in [4.78, 5) is 0. The van der Waals surface area contributed by atoms with Crippen molar-refractivity contribution in [1.29, 1.82) is 0 Å². The molecule has 6 nitrogen and oxygen atoms in total. The van der Waals surface area contributed by atoms with E-state index in [1.165, 1.54) is 0 Å². The van der Waals surface area contributed by atoms with E-state index in [2.05, 4.69) is 0 Å². The fraction of sp³-hybridized carbons (Fsp3) is 1.00. The first-order valence-corrected chi connectivity index (χ1v) is 7.43. The molecule has 2 atom stereocenters. The Hall–Kier alpha value is -0.240. The van der Waals surface area contributed by atoms with Crippen LogP contribution in [-0.2, 0) is 28.4 Å². The maximum absolute atomic E-state index is 5.48. The van der Waals surface area contributed by atoms with Crippen molar-refractivity contribution < 1.29 is 28.4 Å². The molecule has 0 aliphatic rings. The third-order valence-electron chi connectivity index (χ3n) is 2.67. The van der Waals surface area contributed by atoms with E-state index >= 15 is 0 Å². The van der Waals surface area contributed by atoms with Gasteiger partial charge in [-0.3, -0.25) is 0 Å². The number of rotatable bonds is 14. The lowest BCUT2D eigenvalue weighted by atomic mass is 10.4. The van der Waals surface area contributed by atoms with Gasteiger partial charge >= 0.3 is 0 Å². The smallest absolute Gasteiger partial charge is 0.146 e. The molecular formula is C15H32O6. The Balaban J connectivity index is 3.63. The molecule has 0 aliphatic carbocycles. The molecule has 0 N–H and O–H groups in total. The van der Waals surface area contributed by atoms with Crippen molar-refractivity contribution in [3.63, 3.8) is 0 Å². The molecule has 0 saturated heterocycles. The summed E-state index contributed by atoms with van der Waals surface area (Å²) in [6, 6.07) is 0. The van der Waals surface area contributed by atoms with E-state index in [0.29, 0.717) is 26.4 Å². The van der Waals surface area contributed by atoms with Crippen LogP contribution in [0, 0.1) is 0 Å². The summed E-state index contributed by atoms with van der Waals surface area (Å²) in [5.74, 6) is 0. The lowest BCUT2D eigenvalue weighted by Crippen LogP contribution is -2.28. The Labute approximate surface area is 129 Å². The Morgan fingerprint density at radius 1 is 0.619 bits per heavy atom. The summed E-state index contributed by atoms with van der Waals surface area (Å²) in [5, 5.41) is 0. The van der Waals surface area contributed by atoms with Crippen molar-refractivity contribution in [3.8, 4) is 0 Å². The normalized spacial score (nSPS) is 14.9. The van der Waals surface area contributed by atoms with E-state index in [1.807, 2.05) is 27.7 Å². The summed E-state index contributed by atoms with van der Waals surface area (Å²) in [5.41, 5.74) is 0. The molecule has 6 heteroatoms. The van der Waals surface area contributed by atoms with Gasteiger partial charge in [0.1, 0.15) is 19.0 Å². The third-order valence-corrected chi connectivity index (χ3v) is 2.67. The van der Waals surface area contributed by atoms with E-state index in [4.69, 9.17) is 28.4 Å². The van der Waals surface area contributed by atoms with E-state index in [1.54, 1.807) is 14.2 Å². The van der Waals surface area contributed by atoms with E-state index in [9.17, 15) is 0 Å². The van der Waals surface area contributed by atoms with Gasteiger partial charge in [-0.15, -0.1) is 0 Å². The first-order chi connectivity index (χ1) is 9.99. The summed E-state index contributed by atoms with van der Waals surface area (Å²) in [6.45, 7) is 10.0. The second-order valence-corrected chi connectivity index (χ2v) is 5.34. The number of hydrogen-bond donors (Lipinski definition) is 0. The molecule has 0 fully saturated rings. The lowest BCUT2D eigenvalue weighted by Gasteiger charge is -2.19. The summed E-state index contributed by atoms with van der Waals surface area (Å²) >= 11 is 0. The highest BCUT2D eigenvalue weighted by Crippen LogP contribution is 1.99. The van der Waals surface area contributed by atoms with Crippen molar-refractivity contribution in [1.82, 2.24) is 0 Å². The van der Waals surface area contributed by atoms with E-state index in [-0.39, 0.29) is 31.2 Å². The number of ether oxygens (including phenoxy) is 6. The van der Waals surface area contributed by atoms with Crippen LogP contribution >= 0.6 is 0 Å². The van der Waals surface area contributed by atoms with Gasteiger partial charge in [0.2, 0.25) is 0 Å². The molecule has 0 aromatic rings. The van der Waals surface area contributed by atoms with Crippen LogP contribution in [0.1, 0.15) is 27.7 Å². The molecule has 0 bridgehead atoms. The highest BCUT2D eigenvalue weighted by Gasteiger charge is 2.11. The summed E-state index contributed by atoms with van der Waals surface area (Å²) in [6.07, 6.45) is 0.196. The maximum atomic E-state index is 5.48. The fourth-order valence-electron chi connectivity index (χ4n) is 1.39. The Bertz CT molecular complexity index is 200. The van der Waals surface area contributed by atoms with Gasteiger partial charge < -0.3 is 28.4 Å². The highest BCUT2D eigenvalue weighted by molar-refractivity contribution is 4.56. The predicted molar refractivity (Wildman–Crippen MR) is 80.5 cm³/mol. The minimum Gasteiger partial charge on any atom is -0.377 e. The van der Waals surface area contributed by atoms with Crippen molar-refractivity contribution >= 4 is 0 Å². The highest BCUT2D eigenvalue weighted by atomic mass is 16.7. The number of hydrogen-bond acceptors (Lipinski definition) is 6. The molecule has 21 heavy (non-hydrogen) atoms. The minimum atomic E-state index is -0.0847. The van der Waals surface area contributed by atoms with Crippen LogP contribution in [0.5, 0.6) is 0 Å². The quantitative estimate of drug-likeness (QED) is 0.361. The van der Waals surface area contributed by atoms with Gasteiger partial charge in [0.25, 0.3) is 0 Å². The Kier molecular flexibility index (Phi) is 13.3. The molecule has 2 unspecified atom stereocenters. The van der Waals surface area contributed by atoms with Crippen LogP contribution in [0.2, 0.25) is 0 Å². The summed E-state index contributed by atoms with van der Waals surface area (Å²) in [7, 11) is 3.28. The topological polar surface area (TPSA) is 55.4 Å². The predicted octanol–water partition coefficient (Wildman–Crippen LogP) is 1.86. The zero-order valence-electron chi connectivity index (χ0n) is 14.3. The van der Waals surface area contributed by atoms with Crippen LogP contribution in [0.3, 0.4) is 0 Å². The maximum Gasteiger partial charge on any atom is 0.146 e.